The number of ether oxygens (including phenoxy) is 2. The quantitative estimate of drug-likeness (QED) is 0.459. The fourth-order valence-corrected chi connectivity index (χ4v) is 2.02. The molecule has 27 heavy (non-hydrogen) atoms. The molecule has 0 radical (unpaired) electrons. The van der Waals surface area contributed by atoms with Gasteiger partial charge in [-0.1, -0.05) is 48.5 Å². The van der Waals surface area contributed by atoms with Crippen LogP contribution in [0.4, 0.5) is 18.0 Å². The zero-order chi connectivity index (χ0) is 19.5. The SMILES string of the molecule is O=C(NNCC(NCC(F)(F)F)Oc1ccccc1)OCc1ccccc1. The molecule has 3 N–H and O–H groups in total. The van der Waals surface area contributed by atoms with Crippen LogP contribution in [0.1, 0.15) is 5.56 Å². The smallest absolute Gasteiger partial charge is 0.421 e. The lowest BCUT2D eigenvalue weighted by Crippen LogP contribution is -2.50. The molecule has 2 rings (SSSR count). The van der Waals surface area contributed by atoms with Crippen molar-refractivity contribution < 1.29 is 27.4 Å². The third-order valence-corrected chi connectivity index (χ3v) is 3.24. The normalized spacial score (nSPS) is 12.3. The fraction of sp³-hybridized carbons (Fsp3) is 0.278. The van der Waals surface area contributed by atoms with E-state index in [2.05, 4.69) is 16.2 Å². The highest BCUT2D eigenvalue weighted by molar-refractivity contribution is 5.66. The highest BCUT2D eigenvalue weighted by Gasteiger charge is 2.28. The van der Waals surface area contributed by atoms with Crippen molar-refractivity contribution in [2.45, 2.75) is 19.0 Å². The summed E-state index contributed by atoms with van der Waals surface area (Å²) in [6.07, 6.45) is -6.17. The molecule has 0 spiro atoms. The van der Waals surface area contributed by atoms with Crippen LogP contribution in [0.5, 0.6) is 5.75 Å². The number of benzene rings is 2. The number of rotatable bonds is 9. The Hall–Kier alpha value is -2.78. The number of amides is 1. The summed E-state index contributed by atoms with van der Waals surface area (Å²) in [5.74, 6) is 0.394. The number of hydrogen-bond acceptors (Lipinski definition) is 5. The number of carbonyl (C=O) groups is 1. The largest absolute Gasteiger partial charge is 0.474 e. The van der Waals surface area contributed by atoms with Crippen LogP contribution in [0.25, 0.3) is 0 Å². The van der Waals surface area contributed by atoms with Crippen LogP contribution in [-0.2, 0) is 11.3 Å². The minimum absolute atomic E-state index is 0.0740. The van der Waals surface area contributed by atoms with E-state index in [-0.39, 0.29) is 13.2 Å². The van der Waals surface area contributed by atoms with E-state index >= 15 is 0 Å². The van der Waals surface area contributed by atoms with Gasteiger partial charge in [-0.15, -0.1) is 0 Å². The van der Waals surface area contributed by atoms with Crippen LogP contribution < -0.4 is 20.9 Å². The van der Waals surface area contributed by atoms with Crippen molar-refractivity contribution in [1.82, 2.24) is 16.2 Å². The van der Waals surface area contributed by atoms with E-state index in [1.54, 1.807) is 42.5 Å². The summed E-state index contributed by atoms with van der Waals surface area (Å²) in [5.41, 5.74) is 5.56. The van der Waals surface area contributed by atoms with Gasteiger partial charge in [0.05, 0.1) is 13.1 Å². The van der Waals surface area contributed by atoms with Gasteiger partial charge in [-0.3, -0.25) is 10.7 Å². The Morgan fingerprint density at radius 2 is 1.63 bits per heavy atom. The fourth-order valence-electron chi connectivity index (χ4n) is 2.02. The highest BCUT2D eigenvalue weighted by atomic mass is 19.4. The van der Waals surface area contributed by atoms with E-state index in [0.717, 1.165) is 5.56 Å². The zero-order valence-corrected chi connectivity index (χ0v) is 14.3. The summed E-state index contributed by atoms with van der Waals surface area (Å²) in [6.45, 7) is -1.28. The average molecular weight is 383 g/mol. The molecular weight excluding hydrogens is 363 g/mol. The molecule has 6 nitrogen and oxygen atoms in total. The number of carbonyl (C=O) groups excluding carboxylic acids is 1. The Balaban J connectivity index is 1.77. The molecule has 1 atom stereocenters. The minimum atomic E-state index is -4.39. The first-order valence-corrected chi connectivity index (χ1v) is 8.14. The van der Waals surface area contributed by atoms with Gasteiger partial charge in [0.1, 0.15) is 12.4 Å². The Labute approximate surface area is 154 Å². The molecule has 0 heterocycles. The molecule has 2 aromatic carbocycles. The molecule has 9 heteroatoms. The van der Waals surface area contributed by atoms with Crippen molar-refractivity contribution >= 4 is 6.09 Å². The molecule has 146 valence electrons. The highest BCUT2D eigenvalue weighted by Crippen LogP contribution is 2.14. The summed E-state index contributed by atoms with van der Waals surface area (Å²) in [5, 5.41) is 2.24. The third-order valence-electron chi connectivity index (χ3n) is 3.24. The number of halogens is 3. The van der Waals surface area contributed by atoms with E-state index in [0.29, 0.717) is 5.75 Å². The summed E-state index contributed by atoms with van der Waals surface area (Å²) in [4.78, 5) is 11.6. The molecule has 0 bridgehead atoms. The van der Waals surface area contributed by atoms with E-state index in [9.17, 15) is 18.0 Å². The number of hydrogen-bond donors (Lipinski definition) is 3. The Morgan fingerprint density at radius 1 is 1.00 bits per heavy atom. The lowest BCUT2D eigenvalue weighted by molar-refractivity contribution is -0.130. The molecule has 0 fully saturated rings. The first-order chi connectivity index (χ1) is 12.9. The van der Waals surface area contributed by atoms with Crippen molar-refractivity contribution in [3.05, 3.63) is 66.2 Å². The predicted molar refractivity (Wildman–Crippen MR) is 92.7 cm³/mol. The lowest BCUT2D eigenvalue weighted by atomic mass is 10.2. The maximum absolute atomic E-state index is 12.4. The summed E-state index contributed by atoms with van der Waals surface area (Å²) in [6, 6.07) is 17.4. The molecule has 1 amide bonds. The van der Waals surface area contributed by atoms with Gasteiger partial charge >= 0.3 is 12.3 Å². The van der Waals surface area contributed by atoms with Gasteiger partial charge in [-0.05, 0) is 17.7 Å². The first-order valence-electron chi connectivity index (χ1n) is 8.14. The van der Waals surface area contributed by atoms with Crippen molar-refractivity contribution in [3.63, 3.8) is 0 Å². The number of alkyl halides is 3. The van der Waals surface area contributed by atoms with Crippen molar-refractivity contribution in [1.29, 1.82) is 0 Å². The first kappa shape index (κ1) is 20.5. The van der Waals surface area contributed by atoms with E-state index in [1.807, 2.05) is 18.2 Å². The van der Waals surface area contributed by atoms with Crippen LogP contribution in [0.2, 0.25) is 0 Å². The second-order valence-corrected chi connectivity index (χ2v) is 5.48. The summed E-state index contributed by atoms with van der Waals surface area (Å²) >= 11 is 0. The predicted octanol–water partition coefficient (Wildman–Crippen LogP) is 2.97. The lowest BCUT2D eigenvalue weighted by Gasteiger charge is -2.22. The summed E-state index contributed by atoms with van der Waals surface area (Å²) in [7, 11) is 0. The van der Waals surface area contributed by atoms with Crippen LogP contribution in [-0.4, -0.2) is 31.6 Å². The maximum atomic E-state index is 12.4. The molecule has 0 aliphatic carbocycles. The standard InChI is InChI=1S/C18H20F3N3O3/c19-18(20,21)13-22-16(27-15-9-5-2-6-10-15)11-23-24-17(25)26-12-14-7-3-1-4-8-14/h1-10,16,22-23H,11-13H2,(H,24,25). The Morgan fingerprint density at radius 3 is 2.26 bits per heavy atom. The maximum Gasteiger partial charge on any atom is 0.421 e. The monoisotopic (exact) mass is 383 g/mol. The van der Waals surface area contributed by atoms with Gasteiger partial charge in [0.2, 0.25) is 0 Å². The number of hydrazine groups is 1. The molecule has 1 unspecified atom stereocenters. The second-order valence-electron chi connectivity index (χ2n) is 5.48. The molecular formula is C18H20F3N3O3. The molecule has 0 aliphatic heterocycles. The van der Waals surface area contributed by atoms with Crippen LogP contribution >= 0.6 is 0 Å². The number of para-hydroxylation sites is 1. The molecule has 2 aromatic rings. The topological polar surface area (TPSA) is 71.6 Å². The van der Waals surface area contributed by atoms with Crippen molar-refractivity contribution in [2.24, 2.45) is 0 Å². The van der Waals surface area contributed by atoms with Crippen molar-refractivity contribution in [3.8, 4) is 5.75 Å². The van der Waals surface area contributed by atoms with E-state index in [1.165, 1.54) is 0 Å². The molecule has 0 aliphatic rings. The summed E-state index contributed by atoms with van der Waals surface area (Å²) < 4.78 is 47.8. The Bertz CT molecular complexity index is 685. The van der Waals surface area contributed by atoms with Gasteiger partial charge in [-0.25, -0.2) is 10.2 Å². The third kappa shape index (κ3) is 8.93. The van der Waals surface area contributed by atoms with Crippen LogP contribution in [0.15, 0.2) is 60.7 Å². The molecule has 0 aromatic heterocycles. The Kier molecular flexibility index (Phi) is 7.90. The van der Waals surface area contributed by atoms with Gasteiger partial charge in [0, 0.05) is 0 Å². The van der Waals surface area contributed by atoms with Gasteiger partial charge in [-0.2, -0.15) is 13.2 Å². The minimum Gasteiger partial charge on any atom is -0.474 e. The molecule has 0 saturated carbocycles. The average Bonchev–Trinajstić information content (AvgIpc) is 2.65. The van der Waals surface area contributed by atoms with Crippen LogP contribution in [0.3, 0.4) is 0 Å². The van der Waals surface area contributed by atoms with Crippen molar-refractivity contribution in [2.75, 3.05) is 13.1 Å². The van der Waals surface area contributed by atoms with Crippen LogP contribution in [0, 0.1) is 0 Å². The van der Waals surface area contributed by atoms with Gasteiger partial charge < -0.3 is 9.47 Å². The van der Waals surface area contributed by atoms with E-state index in [4.69, 9.17) is 9.47 Å². The molecule has 0 saturated heterocycles. The second kappa shape index (κ2) is 10.4. The van der Waals surface area contributed by atoms with Gasteiger partial charge in [0.15, 0.2) is 6.23 Å². The number of nitrogens with one attached hydrogen (secondary N) is 3. The van der Waals surface area contributed by atoms with Gasteiger partial charge in [0.25, 0.3) is 0 Å². The van der Waals surface area contributed by atoms with E-state index < -0.39 is 25.0 Å². The zero-order valence-electron chi connectivity index (χ0n) is 14.3.